The van der Waals surface area contributed by atoms with Crippen molar-refractivity contribution in [2.24, 2.45) is 0 Å². The number of hydrogen-bond acceptors (Lipinski definition) is 11. The molecule has 0 aromatic heterocycles. The maximum absolute atomic E-state index is 14.8. The first-order valence-electron chi connectivity index (χ1n) is 18.0. The molecule has 0 aliphatic heterocycles. The van der Waals surface area contributed by atoms with Crippen molar-refractivity contribution in [1.29, 1.82) is 0 Å². The van der Waals surface area contributed by atoms with Gasteiger partial charge in [0.2, 0.25) is 17.2 Å². The highest BCUT2D eigenvalue weighted by Gasteiger charge is 2.72. The van der Waals surface area contributed by atoms with Crippen LogP contribution in [-0.4, -0.2) is 104 Å². The number of carbonyl (C=O) groups is 8. The van der Waals surface area contributed by atoms with Crippen LogP contribution in [0.4, 0.5) is 37.7 Å². The zero-order chi connectivity index (χ0) is 49.3. The Morgan fingerprint density at radius 2 is 0.924 bits per heavy atom. The molecule has 25 heteroatoms. The maximum Gasteiger partial charge on any atom is 0.411 e. The second kappa shape index (κ2) is 20.1. The number of rotatable bonds is 17. The molecule has 0 aliphatic carbocycles. The summed E-state index contributed by atoms with van der Waals surface area (Å²) in [4.78, 5) is 94.8. The van der Waals surface area contributed by atoms with E-state index in [-0.39, 0.29) is 54.4 Å². The van der Waals surface area contributed by atoms with Crippen molar-refractivity contribution in [1.82, 2.24) is 10.6 Å². The molecule has 0 saturated heterocycles. The van der Waals surface area contributed by atoms with Gasteiger partial charge in [0.15, 0.2) is 0 Å². The van der Waals surface area contributed by atoms with E-state index in [0.29, 0.717) is 30.4 Å². The number of aliphatic carboxylic acids is 2. The smallest absolute Gasteiger partial charge is 0.411 e. The Morgan fingerprint density at radius 1 is 0.500 bits per heavy atom. The molecule has 0 saturated carbocycles. The Morgan fingerprint density at radius 3 is 1.35 bits per heavy atom. The van der Waals surface area contributed by atoms with Gasteiger partial charge in [0.1, 0.15) is 23.0 Å². The van der Waals surface area contributed by atoms with Crippen molar-refractivity contribution in [3.05, 3.63) is 130 Å². The number of hydrogen-bond donors (Lipinski definition) is 10. The second-order valence-corrected chi connectivity index (χ2v) is 13.2. The summed E-state index contributed by atoms with van der Waals surface area (Å²) in [5.74, 6) is -13.9. The van der Waals surface area contributed by atoms with Crippen molar-refractivity contribution in [2.75, 3.05) is 23.7 Å². The Bertz CT molecular complexity index is 2680. The lowest BCUT2D eigenvalue weighted by Gasteiger charge is -2.38. The number of phenols is 2. The molecule has 0 radical (unpaired) electrons. The quantitative estimate of drug-likeness (QED) is 0.0288. The number of carboxylic acid groups (broad SMARTS) is 4. The van der Waals surface area contributed by atoms with Crippen LogP contribution in [0.25, 0.3) is 0 Å². The molecule has 0 atom stereocenters. The van der Waals surface area contributed by atoms with Crippen LogP contribution in [0.15, 0.2) is 97.1 Å². The number of ether oxygens (including phenoxy) is 1. The van der Waals surface area contributed by atoms with Gasteiger partial charge in [-0.15, -0.1) is 0 Å². The summed E-state index contributed by atoms with van der Waals surface area (Å²) in [6, 6.07) is 7.13. The number of amides is 4. The second-order valence-electron chi connectivity index (χ2n) is 13.2. The molecular formula is C41H30F6N4O15. The molecule has 346 valence electrons. The molecular weight excluding hydrogens is 902 g/mol. The lowest BCUT2D eigenvalue weighted by molar-refractivity contribution is -0.288. The number of carboxylic acids is 4. The van der Waals surface area contributed by atoms with Crippen LogP contribution >= 0.6 is 0 Å². The molecule has 10 N–H and O–H groups in total. The van der Waals surface area contributed by atoms with Gasteiger partial charge in [0.05, 0.1) is 33.6 Å². The van der Waals surface area contributed by atoms with Gasteiger partial charge in [-0.2, -0.15) is 26.3 Å². The van der Waals surface area contributed by atoms with Gasteiger partial charge in [-0.25, -0.2) is 19.2 Å². The van der Waals surface area contributed by atoms with Gasteiger partial charge in [-0.1, -0.05) is 12.1 Å². The van der Waals surface area contributed by atoms with Crippen molar-refractivity contribution >= 4 is 58.9 Å². The first kappa shape index (κ1) is 49.8. The molecule has 0 unspecified atom stereocenters. The minimum atomic E-state index is -6.26. The fourth-order valence-corrected chi connectivity index (χ4v) is 5.96. The summed E-state index contributed by atoms with van der Waals surface area (Å²) in [5.41, 5.74) is -12.3. The Balaban J connectivity index is 1.59. The highest BCUT2D eigenvalue weighted by atomic mass is 19.4. The summed E-state index contributed by atoms with van der Waals surface area (Å²) in [6.07, 6.45) is -10.4. The van der Waals surface area contributed by atoms with Crippen LogP contribution in [0.5, 0.6) is 23.0 Å². The average molecular weight is 933 g/mol. The van der Waals surface area contributed by atoms with Crippen molar-refractivity contribution in [3.8, 4) is 23.0 Å². The number of aromatic hydroxyl groups is 2. The van der Waals surface area contributed by atoms with E-state index in [1.54, 1.807) is 0 Å². The molecule has 0 bridgehead atoms. The molecule has 0 aliphatic rings. The number of nitrogens with one attached hydrogen (secondary N) is 4. The van der Waals surface area contributed by atoms with Crippen LogP contribution in [0, 0.1) is 0 Å². The van der Waals surface area contributed by atoms with Gasteiger partial charge in [-0.3, -0.25) is 19.2 Å². The molecule has 4 aromatic rings. The van der Waals surface area contributed by atoms with Gasteiger partial charge < -0.3 is 56.6 Å². The zero-order valence-corrected chi connectivity index (χ0v) is 32.8. The Labute approximate surface area is 364 Å². The van der Waals surface area contributed by atoms with Crippen LogP contribution < -0.4 is 26.0 Å². The van der Waals surface area contributed by atoms with E-state index in [2.05, 4.69) is 10.6 Å². The maximum atomic E-state index is 14.8. The van der Waals surface area contributed by atoms with Crippen molar-refractivity contribution < 1.29 is 100 Å². The third-order valence-electron chi connectivity index (χ3n) is 8.85. The van der Waals surface area contributed by atoms with Gasteiger partial charge in [0, 0.05) is 37.4 Å². The van der Waals surface area contributed by atoms with Gasteiger partial charge in [-0.05, 0) is 71.8 Å². The minimum Gasteiger partial charge on any atom is -0.506 e. The number of phenolic OH excluding ortho intramolecular Hbond substituents is 2. The lowest BCUT2D eigenvalue weighted by atomic mass is 9.72. The summed E-state index contributed by atoms with van der Waals surface area (Å²) in [5, 5.41) is 66.3. The molecule has 0 heterocycles. The van der Waals surface area contributed by atoms with Crippen LogP contribution in [0.3, 0.4) is 0 Å². The average Bonchev–Trinajstić information content (AvgIpc) is 3.21. The Hall–Kier alpha value is -8.90. The Kier molecular flexibility index (Phi) is 15.1. The third-order valence-corrected chi connectivity index (χ3v) is 8.85. The molecule has 0 fully saturated rings. The highest BCUT2D eigenvalue weighted by molar-refractivity contribution is 6.11. The monoisotopic (exact) mass is 932 g/mol. The summed E-state index contributed by atoms with van der Waals surface area (Å²) in [6.45, 7) is -0.391. The summed E-state index contributed by atoms with van der Waals surface area (Å²) in [7, 11) is 0. The molecule has 4 amide bonds. The topological polar surface area (TPSA) is 315 Å². The fourth-order valence-electron chi connectivity index (χ4n) is 5.96. The molecule has 0 spiro atoms. The minimum absolute atomic E-state index is 0.0140. The fraction of sp³-hybridized carbons (Fsp3) is 0.122. The number of anilines is 2. The zero-order valence-electron chi connectivity index (χ0n) is 32.8. The third kappa shape index (κ3) is 11.6. The standard InChI is InChI=1S/C41H30F6N4O15/c42-40(43,44)39(41(45,46)47,19-1-7-27(29(52)15-19)50-32(55)10-12-34(58)59)20-2-8-28(30(53)16-20)51-36(61)24-6-4-22(18-26(24)38(64)65)66-21-3-5-23(25(17-21)37(62)63)35(60)49-14-13-48-31(54)9-11-33(56)57/h1-12,15-18,52-53H,13-14H2,(H,48,54)(H,49,60)(H,50,55)(H,51,61)(H,56,57)(H,58,59)(H,62,63)(H,64,65)/b11-9-,12-10-. The van der Waals surface area contributed by atoms with E-state index in [0.717, 1.165) is 42.5 Å². The number of aromatic carboxylic acids is 2. The van der Waals surface area contributed by atoms with Gasteiger partial charge in [0.25, 0.3) is 11.8 Å². The predicted octanol–water partition coefficient (Wildman–Crippen LogP) is 5.02. The van der Waals surface area contributed by atoms with Crippen LogP contribution in [-0.2, 0) is 24.6 Å². The van der Waals surface area contributed by atoms with E-state index >= 15 is 0 Å². The number of carbonyl (C=O) groups excluding carboxylic acids is 4. The summed E-state index contributed by atoms with van der Waals surface area (Å²) < 4.78 is 94.4. The summed E-state index contributed by atoms with van der Waals surface area (Å²) >= 11 is 0. The van der Waals surface area contributed by atoms with Crippen LogP contribution in [0.1, 0.15) is 52.6 Å². The van der Waals surface area contributed by atoms with E-state index in [1.165, 1.54) is 0 Å². The molecule has 4 rings (SSSR count). The molecule has 4 aromatic carbocycles. The van der Waals surface area contributed by atoms with Gasteiger partial charge >= 0.3 is 36.2 Å². The van der Waals surface area contributed by atoms with E-state index in [1.807, 2.05) is 10.6 Å². The molecule has 19 nitrogen and oxygen atoms in total. The first-order valence-corrected chi connectivity index (χ1v) is 18.0. The number of halogens is 6. The highest BCUT2D eigenvalue weighted by Crippen LogP contribution is 2.57. The first-order chi connectivity index (χ1) is 30.8. The van der Waals surface area contributed by atoms with Crippen LogP contribution in [0.2, 0.25) is 0 Å². The van der Waals surface area contributed by atoms with Crippen molar-refractivity contribution in [3.63, 3.8) is 0 Å². The largest absolute Gasteiger partial charge is 0.506 e. The SMILES string of the molecule is O=C(O)/C=C\C(=O)NCCNC(=O)c1ccc(Oc2ccc(C(=O)Nc3ccc(C(c4ccc(NC(=O)/C=C\C(=O)O)c(O)c4)(C(F)(F)F)C(F)(F)F)cc3O)c(C(=O)O)c2)cc1C(=O)O. The lowest BCUT2D eigenvalue weighted by Crippen LogP contribution is -2.54. The van der Waals surface area contributed by atoms with Crippen molar-refractivity contribution in [2.45, 2.75) is 17.8 Å². The van der Waals surface area contributed by atoms with E-state index < -0.39 is 116 Å². The normalized spacial score (nSPS) is 11.7. The number of benzene rings is 4. The predicted molar refractivity (Wildman–Crippen MR) is 211 cm³/mol. The molecule has 66 heavy (non-hydrogen) atoms. The van der Waals surface area contributed by atoms with E-state index in [9.17, 15) is 85.1 Å². The van der Waals surface area contributed by atoms with E-state index in [4.69, 9.17) is 14.9 Å². The number of alkyl halides is 6.